The van der Waals surface area contributed by atoms with E-state index in [1.165, 1.54) is 10.7 Å². The highest BCUT2D eigenvalue weighted by Gasteiger charge is 2.10. The van der Waals surface area contributed by atoms with Crippen molar-refractivity contribution in [3.63, 3.8) is 0 Å². The number of rotatable bonds is 2. The Morgan fingerprint density at radius 3 is 2.67 bits per heavy atom. The first-order chi connectivity index (χ1) is 7.08. The molecule has 0 saturated carbocycles. The molecule has 2 aromatic rings. The number of nitrogens with two attached hydrogens (primary N) is 2. The third-order valence-electron chi connectivity index (χ3n) is 1.90. The SMILES string of the molecule is Cn1cc(N)c(-n2ccc(C(N)=O)n2)n1. The van der Waals surface area contributed by atoms with E-state index in [0.717, 1.165) is 0 Å². The number of aryl methyl sites for hydroxylation is 1. The van der Waals surface area contributed by atoms with Crippen LogP contribution in [0, 0.1) is 0 Å². The minimum absolute atomic E-state index is 0.181. The first kappa shape index (κ1) is 9.25. The third kappa shape index (κ3) is 1.54. The molecule has 15 heavy (non-hydrogen) atoms. The van der Waals surface area contributed by atoms with E-state index in [0.29, 0.717) is 11.5 Å². The molecule has 0 aliphatic rings. The van der Waals surface area contributed by atoms with Crippen molar-refractivity contribution < 1.29 is 4.79 Å². The van der Waals surface area contributed by atoms with Gasteiger partial charge in [0.1, 0.15) is 5.69 Å². The molecule has 0 radical (unpaired) electrons. The van der Waals surface area contributed by atoms with Gasteiger partial charge in [-0.3, -0.25) is 9.48 Å². The van der Waals surface area contributed by atoms with Gasteiger partial charge >= 0.3 is 0 Å². The lowest BCUT2D eigenvalue weighted by atomic mass is 10.4. The predicted molar refractivity (Wildman–Crippen MR) is 53.3 cm³/mol. The van der Waals surface area contributed by atoms with Crippen molar-refractivity contribution in [1.82, 2.24) is 19.6 Å². The molecule has 7 heteroatoms. The number of nitrogen functional groups attached to an aromatic ring is 1. The van der Waals surface area contributed by atoms with Crippen LogP contribution in [0.1, 0.15) is 10.5 Å². The maximum atomic E-state index is 10.8. The monoisotopic (exact) mass is 206 g/mol. The highest BCUT2D eigenvalue weighted by Crippen LogP contribution is 2.13. The Labute approximate surface area is 85.3 Å². The fourth-order valence-electron chi connectivity index (χ4n) is 1.25. The Morgan fingerprint density at radius 1 is 1.47 bits per heavy atom. The lowest BCUT2D eigenvalue weighted by Crippen LogP contribution is -2.12. The topological polar surface area (TPSA) is 105 Å². The number of carbonyl (C=O) groups is 1. The Balaban J connectivity index is 2.45. The number of nitrogens with zero attached hydrogens (tertiary/aromatic N) is 4. The van der Waals surface area contributed by atoms with E-state index in [2.05, 4.69) is 10.2 Å². The lowest BCUT2D eigenvalue weighted by molar-refractivity contribution is 0.0995. The summed E-state index contributed by atoms with van der Waals surface area (Å²) in [6.07, 6.45) is 3.24. The Kier molecular flexibility index (Phi) is 1.93. The summed E-state index contributed by atoms with van der Waals surface area (Å²) >= 11 is 0. The highest BCUT2D eigenvalue weighted by atomic mass is 16.1. The molecule has 0 spiro atoms. The predicted octanol–water partition coefficient (Wildman–Crippen LogP) is -0.713. The second kappa shape index (κ2) is 3.12. The molecule has 0 fully saturated rings. The van der Waals surface area contributed by atoms with E-state index >= 15 is 0 Å². The normalized spacial score (nSPS) is 10.5. The van der Waals surface area contributed by atoms with Crippen LogP contribution in [0.4, 0.5) is 5.69 Å². The average molecular weight is 206 g/mol. The van der Waals surface area contributed by atoms with E-state index in [1.807, 2.05) is 0 Å². The van der Waals surface area contributed by atoms with Gasteiger partial charge in [-0.05, 0) is 6.07 Å². The largest absolute Gasteiger partial charge is 0.394 e. The van der Waals surface area contributed by atoms with Crippen LogP contribution >= 0.6 is 0 Å². The van der Waals surface area contributed by atoms with Crippen molar-refractivity contribution in [2.24, 2.45) is 12.8 Å². The molecule has 0 bridgehead atoms. The quantitative estimate of drug-likeness (QED) is 0.676. The van der Waals surface area contributed by atoms with Gasteiger partial charge in [-0.15, -0.1) is 0 Å². The molecular formula is C8H10N6O. The first-order valence-electron chi connectivity index (χ1n) is 4.23. The number of anilines is 1. The van der Waals surface area contributed by atoms with Gasteiger partial charge in [-0.2, -0.15) is 10.2 Å². The fraction of sp³-hybridized carbons (Fsp3) is 0.125. The summed E-state index contributed by atoms with van der Waals surface area (Å²) in [7, 11) is 1.75. The zero-order valence-corrected chi connectivity index (χ0v) is 8.08. The molecule has 0 saturated heterocycles. The number of hydrogen-bond donors (Lipinski definition) is 2. The summed E-state index contributed by atoms with van der Waals surface area (Å²) in [4.78, 5) is 10.8. The van der Waals surface area contributed by atoms with Crippen LogP contribution in [0.2, 0.25) is 0 Å². The van der Waals surface area contributed by atoms with Gasteiger partial charge in [-0.25, -0.2) is 4.68 Å². The number of primary amides is 1. The molecule has 0 aromatic carbocycles. The molecule has 1 amide bonds. The molecule has 0 unspecified atom stereocenters. The minimum atomic E-state index is -0.580. The second-order valence-electron chi connectivity index (χ2n) is 3.09. The van der Waals surface area contributed by atoms with Gasteiger partial charge in [0.05, 0.1) is 5.69 Å². The van der Waals surface area contributed by atoms with Crippen molar-refractivity contribution in [2.75, 3.05) is 5.73 Å². The Hall–Kier alpha value is -2.31. The first-order valence-corrected chi connectivity index (χ1v) is 4.23. The van der Waals surface area contributed by atoms with E-state index in [-0.39, 0.29) is 5.69 Å². The van der Waals surface area contributed by atoms with Gasteiger partial charge in [-0.1, -0.05) is 0 Å². The van der Waals surface area contributed by atoms with Gasteiger partial charge in [0.15, 0.2) is 5.82 Å². The zero-order chi connectivity index (χ0) is 11.0. The van der Waals surface area contributed by atoms with Crippen molar-refractivity contribution in [2.45, 2.75) is 0 Å². The van der Waals surface area contributed by atoms with E-state index in [1.54, 1.807) is 24.1 Å². The van der Waals surface area contributed by atoms with Crippen molar-refractivity contribution >= 4 is 11.6 Å². The molecule has 0 aliphatic heterocycles. The van der Waals surface area contributed by atoms with Crippen LogP contribution in [0.3, 0.4) is 0 Å². The van der Waals surface area contributed by atoms with E-state index in [4.69, 9.17) is 11.5 Å². The number of amides is 1. The smallest absolute Gasteiger partial charge is 0.269 e. The van der Waals surface area contributed by atoms with Crippen molar-refractivity contribution in [3.05, 3.63) is 24.2 Å². The van der Waals surface area contributed by atoms with Crippen molar-refractivity contribution in [1.29, 1.82) is 0 Å². The minimum Gasteiger partial charge on any atom is -0.394 e. The fourth-order valence-corrected chi connectivity index (χ4v) is 1.25. The number of carbonyl (C=O) groups excluding carboxylic acids is 1. The summed E-state index contributed by atoms with van der Waals surface area (Å²) in [5, 5.41) is 8.03. The zero-order valence-electron chi connectivity index (χ0n) is 8.08. The Morgan fingerprint density at radius 2 is 2.20 bits per heavy atom. The number of aromatic nitrogens is 4. The van der Waals surface area contributed by atoms with Crippen LogP contribution in [-0.2, 0) is 7.05 Å². The van der Waals surface area contributed by atoms with Crippen LogP contribution in [0.25, 0.3) is 5.82 Å². The Bertz CT molecular complexity index is 511. The van der Waals surface area contributed by atoms with Crippen LogP contribution < -0.4 is 11.5 Å². The molecule has 2 aromatic heterocycles. The summed E-state index contributed by atoms with van der Waals surface area (Å²) in [6, 6.07) is 1.51. The summed E-state index contributed by atoms with van der Waals surface area (Å²) in [6.45, 7) is 0. The lowest BCUT2D eigenvalue weighted by Gasteiger charge is -1.95. The standard InChI is InChI=1S/C8H10N6O/c1-13-4-5(9)8(12-13)14-3-2-6(11-14)7(10)15/h2-4H,9H2,1H3,(H2,10,15). The van der Waals surface area contributed by atoms with E-state index in [9.17, 15) is 4.79 Å². The maximum Gasteiger partial charge on any atom is 0.269 e. The van der Waals surface area contributed by atoms with Crippen LogP contribution in [-0.4, -0.2) is 25.5 Å². The molecule has 2 rings (SSSR count). The van der Waals surface area contributed by atoms with Crippen LogP contribution in [0.15, 0.2) is 18.5 Å². The van der Waals surface area contributed by atoms with Gasteiger partial charge in [0.2, 0.25) is 0 Å². The van der Waals surface area contributed by atoms with Crippen LogP contribution in [0.5, 0.6) is 0 Å². The molecule has 2 heterocycles. The second-order valence-corrected chi connectivity index (χ2v) is 3.09. The highest BCUT2D eigenvalue weighted by molar-refractivity contribution is 5.90. The molecular weight excluding hydrogens is 196 g/mol. The molecule has 78 valence electrons. The van der Waals surface area contributed by atoms with Crippen molar-refractivity contribution in [3.8, 4) is 5.82 Å². The van der Waals surface area contributed by atoms with Gasteiger partial charge in [0.25, 0.3) is 5.91 Å². The molecule has 0 atom stereocenters. The summed E-state index contributed by atoms with van der Waals surface area (Å²) < 4.78 is 2.98. The van der Waals surface area contributed by atoms with Gasteiger partial charge in [0, 0.05) is 19.4 Å². The molecule has 7 nitrogen and oxygen atoms in total. The number of hydrogen-bond acceptors (Lipinski definition) is 4. The average Bonchev–Trinajstić information content (AvgIpc) is 2.71. The third-order valence-corrected chi connectivity index (χ3v) is 1.90. The van der Waals surface area contributed by atoms with E-state index < -0.39 is 5.91 Å². The summed E-state index contributed by atoms with van der Waals surface area (Å²) in [5.41, 5.74) is 11.4. The van der Waals surface area contributed by atoms with Gasteiger partial charge < -0.3 is 11.5 Å². The maximum absolute atomic E-state index is 10.8. The molecule has 4 N–H and O–H groups in total. The summed E-state index contributed by atoms with van der Waals surface area (Å²) in [5.74, 6) is -0.103. The molecule has 0 aliphatic carbocycles.